The zero-order valence-corrected chi connectivity index (χ0v) is 18.2. The average Bonchev–Trinajstić information content (AvgIpc) is 2.76. The molecule has 0 unspecified atom stereocenters. The highest BCUT2D eigenvalue weighted by Crippen LogP contribution is 2.20. The largest absolute Gasteiger partial charge is 0.346 e. The topological polar surface area (TPSA) is 115 Å². The van der Waals surface area contributed by atoms with Gasteiger partial charge in [-0.2, -0.15) is 0 Å². The van der Waals surface area contributed by atoms with E-state index < -0.39 is 21.6 Å². The molecule has 0 fully saturated rings. The molecule has 0 saturated carbocycles. The van der Waals surface area contributed by atoms with E-state index in [1.807, 2.05) is 6.07 Å². The molecule has 0 radical (unpaired) electrons. The first kappa shape index (κ1) is 21.7. The van der Waals surface area contributed by atoms with Gasteiger partial charge in [-0.3, -0.25) is 9.78 Å². The molecule has 0 spiro atoms. The number of sulfone groups is 1. The van der Waals surface area contributed by atoms with Crippen molar-refractivity contribution >= 4 is 38.2 Å². The van der Waals surface area contributed by atoms with Crippen molar-refractivity contribution in [3.63, 3.8) is 0 Å². The second-order valence-corrected chi connectivity index (χ2v) is 9.26. The van der Waals surface area contributed by atoms with Gasteiger partial charge in [0.05, 0.1) is 34.0 Å². The summed E-state index contributed by atoms with van der Waals surface area (Å²) in [6, 6.07) is 9.98. The van der Waals surface area contributed by atoms with Crippen LogP contribution in [0.3, 0.4) is 0 Å². The molecule has 0 aliphatic rings. The Morgan fingerprint density at radius 2 is 1.84 bits per heavy atom. The predicted octanol–water partition coefficient (Wildman–Crippen LogP) is 3.21. The van der Waals surface area contributed by atoms with Gasteiger partial charge < -0.3 is 5.32 Å². The molecule has 3 aromatic heterocycles. The van der Waals surface area contributed by atoms with Crippen molar-refractivity contribution in [1.82, 2.24) is 25.3 Å². The first-order chi connectivity index (χ1) is 15.2. The molecule has 0 saturated heterocycles. The lowest BCUT2D eigenvalue weighted by Gasteiger charge is -2.08. The van der Waals surface area contributed by atoms with Crippen LogP contribution in [-0.4, -0.2) is 40.5 Å². The minimum Gasteiger partial charge on any atom is -0.346 e. The maximum absolute atomic E-state index is 13.8. The number of pyridine rings is 2. The molecule has 4 aromatic rings. The van der Waals surface area contributed by atoms with Gasteiger partial charge in [0.1, 0.15) is 5.82 Å². The fourth-order valence-corrected chi connectivity index (χ4v) is 3.77. The van der Waals surface area contributed by atoms with Gasteiger partial charge in [-0.05, 0) is 54.1 Å². The summed E-state index contributed by atoms with van der Waals surface area (Å²) in [5.74, 6) is -1.45. The van der Waals surface area contributed by atoms with Crippen LogP contribution in [0.5, 0.6) is 0 Å². The number of carbonyl (C=O) groups is 1. The Bertz CT molecular complexity index is 1460. The molecular weight excluding hydrogens is 457 g/mol. The monoisotopic (exact) mass is 471 g/mol. The van der Waals surface area contributed by atoms with E-state index in [9.17, 15) is 17.6 Å². The van der Waals surface area contributed by atoms with Gasteiger partial charge in [0.2, 0.25) is 5.28 Å². The summed E-state index contributed by atoms with van der Waals surface area (Å²) in [4.78, 5) is 29.0. The zero-order chi connectivity index (χ0) is 22.9. The van der Waals surface area contributed by atoms with E-state index in [0.717, 1.165) is 29.8 Å². The van der Waals surface area contributed by atoms with Gasteiger partial charge in [0.25, 0.3) is 5.91 Å². The van der Waals surface area contributed by atoms with Gasteiger partial charge in [-0.1, -0.05) is 0 Å². The number of carbonyl (C=O) groups excluding carboxylic acids is 1. The molecular formula is C21H15ClFN5O3S. The SMILES string of the molecule is CS(=O)(=O)c1cc(F)cc(C(=O)NCc2cc3nc(-c4ccnc(Cl)n4)ccc3cn2)c1. The summed E-state index contributed by atoms with van der Waals surface area (Å²) in [7, 11) is -3.66. The molecule has 0 aliphatic carbocycles. The number of nitrogens with zero attached hydrogens (tertiary/aromatic N) is 4. The van der Waals surface area contributed by atoms with Gasteiger partial charge >= 0.3 is 0 Å². The van der Waals surface area contributed by atoms with E-state index in [0.29, 0.717) is 22.6 Å². The third-order valence-corrected chi connectivity index (χ3v) is 5.78. The van der Waals surface area contributed by atoms with Crippen LogP contribution in [0, 0.1) is 5.82 Å². The van der Waals surface area contributed by atoms with Gasteiger partial charge in [-0.25, -0.2) is 27.8 Å². The van der Waals surface area contributed by atoms with Crippen molar-refractivity contribution in [1.29, 1.82) is 0 Å². The molecule has 11 heteroatoms. The molecule has 1 N–H and O–H groups in total. The minimum atomic E-state index is -3.66. The highest BCUT2D eigenvalue weighted by molar-refractivity contribution is 7.90. The summed E-state index contributed by atoms with van der Waals surface area (Å²) >= 11 is 5.85. The van der Waals surface area contributed by atoms with Gasteiger partial charge in [0, 0.05) is 29.6 Å². The fourth-order valence-electron chi connectivity index (χ4n) is 2.96. The standard InChI is InChI=1S/C21H15ClFN5O3S/c1-32(30,31)16-7-13(6-14(23)8-16)20(29)26-11-15-9-19-12(10-25-15)2-3-17(27-19)18-4-5-24-21(22)28-18/h2-10H,11H2,1H3,(H,26,29). The summed E-state index contributed by atoms with van der Waals surface area (Å²) in [5, 5.41) is 3.51. The van der Waals surface area contributed by atoms with Crippen LogP contribution in [0.1, 0.15) is 16.1 Å². The van der Waals surface area contributed by atoms with Crippen molar-refractivity contribution < 1.29 is 17.6 Å². The molecule has 3 heterocycles. The third kappa shape index (κ3) is 4.87. The van der Waals surface area contributed by atoms with Crippen LogP contribution in [0.25, 0.3) is 22.3 Å². The summed E-state index contributed by atoms with van der Waals surface area (Å²) < 4.78 is 37.1. The van der Waals surface area contributed by atoms with Crippen molar-refractivity contribution in [2.24, 2.45) is 0 Å². The average molecular weight is 472 g/mol. The second-order valence-electron chi connectivity index (χ2n) is 6.91. The Morgan fingerprint density at radius 3 is 2.59 bits per heavy atom. The Labute approximate surface area is 187 Å². The van der Waals surface area contributed by atoms with Crippen molar-refractivity contribution in [2.45, 2.75) is 11.4 Å². The quantitative estimate of drug-likeness (QED) is 0.444. The number of hydrogen-bond donors (Lipinski definition) is 1. The smallest absolute Gasteiger partial charge is 0.251 e. The first-order valence-electron chi connectivity index (χ1n) is 9.22. The maximum atomic E-state index is 13.8. The predicted molar refractivity (Wildman–Crippen MR) is 116 cm³/mol. The molecule has 4 rings (SSSR count). The normalized spacial score (nSPS) is 11.5. The summed E-state index contributed by atoms with van der Waals surface area (Å²) in [6.45, 7) is 0.0325. The number of benzene rings is 1. The Morgan fingerprint density at radius 1 is 1.06 bits per heavy atom. The molecule has 0 bridgehead atoms. The van der Waals surface area contributed by atoms with Crippen molar-refractivity contribution in [2.75, 3.05) is 6.26 Å². The van der Waals surface area contributed by atoms with E-state index >= 15 is 0 Å². The molecule has 32 heavy (non-hydrogen) atoms. The van der Waals surface area contributed by atoms with Gasteiger partial charge in [-0.15, -0.1) is 0 Å². The molecule has 1 amide bonds. The molecule has 0 atom stereocenters. The van der Waals surface area contributed by atoms with Crippen molar-refractivity contribution in [3.05, 3.63) is 77.2 Å². The van der Waals surface area contributed by atoms with E-state index in [1.54, 1.807) is 24.4 Å². The Kier molecular flexibility index (Phi) is 5.81. The van der Waals surface area contributed by atoms with E-state index in [4.69, 9.17) is 11.6 Å². The second kappa shape index (κ2) is 8.56. The number of nitrogens with one attached hydrogen (secondary N) is 1. The third-order valence-electron chi connectivity index (χ3n) is 4.51. The lowest BCUT2D eigenvalue weighted by Crippen LogP contribution is -2.23. The van der Waals surface area contributed by atoms with Crippen LogP contribution in [-0.2, 0) is 16.4 Å². The number of rotatable bonds is 5. The number of amides is 1. The highest BCUT2D eigenvalue weighted by Gasteiger charge is 2.15. The van der Waals surface area contributed by atoms with Crippen LogP contribution >= 0.6 is 11.6 Å². The number of halogens is 2. The van der Waals surface area contributed by atoms with Crippen LogP contribution in [0.2, 0.25) is 5.28 Å². The Hall–Kier alpha value is -3.50. The fraction of sp³-hybridized carbons (Fsp3) is 0.0952. The van der Waals surface area contributed by atoms with E-state index in [2.05, 4.69) is 25.3 Å². The van der Waals surface area contributed by atoms with Crippen LogP contribution < -0.4 is 5.32 Å². The molecule has 8 nitrogen and oxygen atoms in total. The van der Waals surface area contributed by atoms with Gasteiger partial charge in [0.15, 0.2) is 9.84 Å². The minimum absolute atomic E-state index is 0.0325. The number of aromatic nitrogens is 4. The number of hydrogen-bond acceptors (Lipinski definition) is 7. The zero-order valence-electron chi connectivity index (χ0n) is 16.6. The summed E-state index contributed by atoms with van der Waals surface area (Å²) in [5.41, 5.74) is 2.19. The maximum Gasteiger partial charge on any atom is 0.251 e. The summed E-state index contributed by atoms with van der Waals surface area (Å²) in [6.07, 6.45) is 4.09. The van der Waals surface area contributed by atoms with E-state index in [-0.39, 0.29) is 22.3 Å². The number of fused-ring (bicyclic) bond motifs is 1. The van der Waals surface area contributed by atoms with Crippen molar-refractivity contribution in [3.8, 4) is 11.4 Å². The first-order valence-corrected chi connectivity index (χ1v) is 11.5. The van der Waals surface area contributed by atoms with Crippen LogP contribution in [0.15, 0.2) is 59.8 Å². The molecule has 1 aromatic carbocycles. The highest BCUT2D eigenvalue weighted by atomic mass is 35.5. The molecule has 162 valence electrons. The van der Waals surface area contributed by atoms with Crippen LogP contribution in [0.4, 0.5) is 4.39 Å². The Balaban J connectivity index is 1.56. The molecule has 0 aliphatic heterocycles. The van der Waals surface area contributed by atoms with E-state index in [1.165, 1.54) is 6.20 Å². The lowest BCUT2D eigenvalue weighted by molar-refractivity contribution is 0.0949. The lowest BCUT2D eigenvalue weighted by atomic mass is 10.2.